The highest BCUT2D eigenvalue weighted by Gasteiger charge is 2.53. The molecule has 56 heavy (non-hydrogen) atoms. The molecule has 0 saturated carbocycles. The molecule has 0 saturated heterocycles. The van der Waals surface area contributed by atoms with E-state index >= 15 is 0 Å². The largest absolute Gasteiger partial charge is 0.404 e. The van der Waals surface area contributed by atoms with Crippen LogP contribution in [0.5, 0.6) is 0 Å². The van der Waals surface area contributed by atoms with Gasteiger partial charge in [0.15, 0.2) is 0 Å². The second kappa shape index (κ2) is 12.5. The third kappa shape index (κ3) is 4.55. The minimum absolute atomic E-state index is 0.372. The maximum absolute atomic E-state index is 6.60. The van der Waals surface area contributed by atoms with E-state index in [9.17, 15) is 0 Å². The predicted molar refractivity (Wildman–Crippen MR) is 234 cm³/mol. The van der Waals surface area contributed by atoms with Crippen LogP contribution in [0.4, 0.5) is 0 Å². The quantitative estimate of drug-likeness (QED) is 0.180. The number of rotatable bonds is 5. The zero-order valence-corrected chi connectivity index (χ0v) is 31.2. The molecular weight excluding hydrogens is 679 g/mol. The lowest BCUT2D eigenvalue weighted by Gasteiger charge is -2.32. The van der Waals surface area contributed by atoms with E-state index < -0.39 is 0 Å². The van der Waals surface area contributed by atoms with E-state index in [0.29, 0.717) is 0 Å². The summed E-state index contributed by atoms with van der Waals surface area (Å²) in [6.07, 6.45) is 10.9. The lowest BCUT2D eigenvalue weighted by molar-refractivity contribution is 0.781. The molecule has 0 atom stereocenters. The fourth-order valence-corrected chi connectivity index (χ4v) is 10.0. The number of pyridine rings is 1. The maximum atomic E-state index is 6.60. The predicted octanol–water partition coefficient (Wildman–Crippen LogP) is 12.8. The van der Waals surface area contributed by atoms with Gasteiger partial charge in [-0.25, -0.2) is 4.98 Å². The summed E-state index contributed by atoms with van der Waals surface area (Å²) in [5.74, 6) is 0. The van der Waals surface area contributed by atoms with Gasteiger partial charge in [-0.1, -0.05) is 152 Å². The molecule has 3 nitrogen and oxygen atoms in total. The normalized spacial score (nSPS) is 15.4. The van der Waals surface area contributed by atoms with Crippen molar-refractivity contribution in [3.8, 4) is 33.6 Å². The summed E-state index contributed by atoms with van der Waals surface area (Å²) >= 11 is 0. The van der Waals surface area contributed by atoms with Gasteiger partial charge in [0, 0.05) is 39.4 Å². The van der Waals surface area contributed by atoms with Gasteiger partial charge in [-0.2, -0.15) is 0 Å². The van der Waals surface area contributed by atoms with E-state index in [1.165, 1.54) is 66.3 Å². The van der Waals surface area contributed by atoms with Crippen LogP contribution in [0.15, 0.2) is 188 Å². The van der Waals surface area contributed by atoms with Crippen molar-refractivity contribution in [1.82, 2.24) is 9.55 Å². The zero-order valence-electron chi connectivity index (χ0n) is 31.2. The van der Waals surface area contributed by atoms with Crippen LogP contribution in [-0.2, 0) is 5.41 Å². The van der Waals surface area contributed by atoms with E-state index in [4.69, 9.17) is 10.7 Å². The molecule has 0 amide bonds. The smallest absolute Gasteiger partial charge is 0.0722 e. The molecule has 0 fully saturated rings. The van der Waals surface area contributed by atoms with Gasteiger partial charge in [0.25, 0.3) is 0 Å². The molecule has 8 aromatic rings. The van der Waals surface area contributed by atoms with Crippen LogP contribution in [-0.4, -0.2) is 9.55 Å². The number of hydrogen-bond donors (Lipinski definition) is 1. The Bertz CT molecular complexity index is 2920. The van der Waals surface area contributed by atoms with Gasteiger partial charge in [-0.15, -0.1) is 0 Å². The SMILES string of the molecule is C/C(=C\C(=C/N)c1cc(-c2ccccc2)nc(-c2ccccc2)c1)n1c2ccccc2c2ccc3c(c21)C1=C(C=CCC1)C31c2ccccc2-c2ccccc21. The average molecular weight is 718 g/mol. The lowest BCUT2D eigenvalue weighted by Crippen LogP contribution is -2.27. The molecule has 11 rings (SSSR count). The Labute approximate surface area is 327 Å². The summed E-state index contributed by atoms with van der Waals surface area (Å²) < 4.78 is 2.50. The molecule has 266 valence electrons. The van der Waals surface area contributed by atoms with E-state index in [1.807, 2.05) is 12.1 Å². The van der Waals surface area contributed by atoms with Crippen LogP contribution in [0.3, 0.4) is 0 Å². The molecule has 2 heterocycles. The molecule has 3 aliphatic rings. The minimum Gasteiger partial charge on any atom is -0.404 e. The number of fused-ring (bicyclic) bond motifs is 13. The van der Waals surface area contributed by atoms with E-state index in [2.05, 4.69) is 175 Å². The Balaban J connectivity index is 1.17. The molecule has 0 unspecified atom stereocenters. The standard InChI is InChI=1S/C53H39N3/c1-34(30-38(33-54)37-31-48(35-16-4-2-5-17-35)55-49(32-37)36-18-6-3-7-19-36)56-50-27-15-11-22-41(50)42-28-29-47-51(52(42)56)43-23-10-14-26-46(43)53(47)44-24-12-8-20-39(44)40-21-9-13-25-45(40)53/h2-9,11-22,24-33H,10,23,54H2,1H3/b34-30+,38-33+. The second-order valence-electron chi connectivity index (χ2n) is 15.2. The Kier molecular flexibility index (Phi) is 7.27. The number of aromatic nitrogens is 2. The first-order valence-corrected chi connectivity index (χ1v) is 19.6. The number of nitrogens with two attached hydrogens (primary N) is 1. The van der Waals surface area contributed by atoms with Crippen LogP contribution in [0.1, 0.15) is 47.6 Å². The summed E-state index contributed by atoms with van der Waals surface area (Å²) in [7, 11) is 0. The van der Waals surface area contributed by atoms with Gasteiger partial charge in [0.1, 0.15) is 0 Å². The molecule has 0 bridgehead atoms. The van der Waals surface area contributed by atoms with Crippen molar-refractivity contribution in [1.29, 1.82) is 0 Å². The van der Waals surface area contributed by atoms with Gasteiger partial charge in [-0.05, 0) is 94.1 Å². The summed E-state index contributed by atoms with van der Waals surface area (Å²) in [4.78, 5) is 5.14. The third-order valence-electron chi connectivity index (χ3n) is 12.3. The average Bonchev–Trinajstić information content (AvgIpc) is 3.88. The Morgan fingerprint density at radius 2 is 1.27 bits per heavy atom. The number of allylic oxidation sites excluding steroid dienone is 7. The Morgan fingerprint density at radius 3 is 1.93 bits per heavy atom. The van der Waals surface area contributed by atoms with Gasteiger partial charge >= 0.3 is 0 Å². The van der Waals surface area contributed by atoms with Crippen LogP contribution in [0.2, 0.25) is 0 Å². The third-order valence-corrected chi connectivity index (χ3v) is 12.3. The summed E-state index contributed by atoms with van der Waals surface area (Å²) in [6.45, 7) is 2.23. The first-order valence-electron chi connectivity index (χ1n) is 19.6. The minimum atomic E-state index is -0.372. The van der Waals surface area contributed by atoms with E-state index in [0.717, 1.165) is 52.2 Å². The topological polar surface area (TPSA) is 43.8 Å². The van der Waals surface area contributed by atoms with Gasteiger partial charge < -0.3 is 10.3 Å². The summed E-state index contributed by atoms with van der Waals surface area (Å²) in [5.41, 5.74) is 26.7. The highest BCUT2D eigenvalue weighted by Crippen LogP contribution is 2.64. The van der Waals surface area contributed by atoms with Crippen molar-refractivity contribution in [2.45, 2.75) is 25.2 Å². The molecule has 3 aliphatic carbocycles. The van der Waals surface area contributed by atoms with Crippen LogP contribution < -0.4 is 5.73 Å². The van der Waals surface area contributed by atoms with Crippen LogP contribution in [0.25, 0.3) is 72.3 Å². The maximum Gasteiger partial charge on any atom is 0.0722 e. The summed E-state index contributed by atoms with van der Waals surface area (Å²) in [5, 5.41) is 2.52. The highest BCUT2D eigenvalue weighted by atomic mass is 15.0. The fraction of sp³-hybridized carbons (Fsp3) is 0.0755. The van der Waals surface area contributed by atoms with Crippen LogP contribution in [0, 0.1) is 0 Å². The molecule has 3 heteroatoms. The number of benzene rings is 6. The number of nitrogens with zero attached hydrogens (tertiary/aromatic N) is 2. The lowest BCUT2D eigenvalue weighted by atomic mass is 9.69. The first-order chi connectivity index (χ1) is 27.7. The second-order valence-corrected chi connectivity index (χ2v) is 15.2. The molecular formula is C53H39N3. The van der Waals surface area contributed by atoms with Crippen molar-refractivity contribution < 1.29 is 0 Å². The molecule has 2 N–H and O–H groups in total. The zero-order chi connectivity index (χ0) is 37.4. The molecule has 0 aliphatic heterocycles. The van der Waals surface area contributed by atoms with Gasteiger partial charge in [0.05, 0.1) is 27.8 Å². The van der Waals surface area contributed by atoms with Crippen molar-refractivity contribution in [2.75, 3.05) is 0 Å². The van der Waals surface area contributed by atoms with Crippen LogP contribution >= 0.6 is 0 Å². The number of para-hydroxylation sites is 1. The molecule has 6 aromatic carbocycles. The van der Waals surface area contributed by atoms with Crippen molar-refractivity contribution >= 4 is 38.6 Å². The van der Waals surface area contributed by atoms with Crippen molar-refractivity contribution in [3.63, 3.8) is 0 Å². The first kappa shape index (κ1) is 32.5. The molecule has 0 radical (unpaired) electrons. The molecule has 1 spiro atoms. The number of hydrogen-bond acceptors (Lipinski definition) is 2. The fourth-order valence-electron chi connectivity index (χ4n) is 10.0. The van der Waals surface area contributed by atoms with E-state index in [-0.39, 0.29) is 5.41 Å². The van der Waals surface area contributed by atoms with Crippen molar-refractivity contribution in [3.05, 3.63) is 216 Å². The van der Waals surface area contributed by atoms with E-state index in [1.54, 1.807) is 6.20 Å². The van der Waals surface area contributed by atoms with Gasteiger partial charge in [-0.3, -0.25) is 0 Å². The van der Waals surface area contributed by atoms with Crippen molar-refractivity contribution in [2.24, 2.45) is 5.73 Å². The Morgan fingerprint density at radius 1 is 0.661 bits per heavy atom. The monoisotopic (exact) mass is 717 g/mol. The Hall–Kier alpha value is -6.97. The summed E-state index contributed by atoms with van der Waals surface area (Å²) in [6, 6.07) is 56.9. The van der Waals surface area contributed by atoms with Gasteiger partial charge in [0.2, 0.25) is 0 Å². The highest BCUT2D eigenvalue weighted by molar-refractivity contribution is 6.16. The molecule has 2 aromatic heterocycles.